The van der Waals surface area contributed by atoms with Gasteiger partial charge >= 0.3 is 48.0 Å². The Kier molecular flexibility index (Phi) is 3.93. The van der Waals surface area contributed by atoms with E-state index in [0.29, 0.717) is 0 Å². The van der Waals surface area contributed by atoms with E-state index in [4.69, 9.17) is 11.1 Å². The van der Waals surface area contributed by atoms with Crippen LogP contribution in [0.1, 0.15) is 0 Å². The summed E-state index contributed by atoms with van der Waals surface area (Å²) in [4.78, 5) is 0. The topological polar surface area (TPSA) is 0 Å². The average molecular weight is 216 g/mol. The van der Waals surface area contributed by atoms with Crippen molar-refractivity contribution in [2.45, 2.75) is 0 Å². The van der Waals surface area contributed by atoms with Crippen LogP contribution in [-0.2, 0) is 0 Å². The molecule has 0 amide bonds. The SMILES string of the molecule is Cl[SiH]([GeH3])[GeH3]. The molecule has 0 fully saturated rings. The maximum atomic E-state index is 5.58. The molecular weight excluding hydrogens is 209 g/mol. The fourth-order valence-corrected chi connectivity index (χ4v) is 0. The quantitative estimate of drug-likeness (QED) is 0.314. The zero-order valence-electron chi connectivity index (χ0n) is 2.96. The van der Waals surface area contributed by atoms with E-state index in [0.717, 1.165) is 31.7 Å². The molecule has 0 rings (SSSR count). The molecule has 0 nitrogen and oxygen atoms in total. The first kappa shape index (κ1) is 5.59. The number of rotatable bonds is 0. The molecule has 4 heavy (non-hydrogen) atoms. The van der Waals surface area contributed by atoms with Crippen LogP contribution in [0.2, 0.25) is 0 Å². The van der Waals surface area contributed by atoms with Gasteiger partial charge in [-0.15, -0.1) is 0 Å². The summed E-state index contributed by atoms with van der Waals surface area (Å²) in [6, 6.07) is 0. The predicted molar refractivity (Wildman–Crippen MR) is 32.9 cm³/mol. The van der Waals surface area contributed by atoms with Crippen LogP contribution in [0.3, 0.4) is 0 Å². The molecule has 0 aliphatic rings. The molecule has 0 heterocycles. The van der Waals surface area contributed by atoms with Crippen LogP contribution in [-0.4, -0.2) is 36.9 Å². The molecule has 0 aliphatic heterocycles. The van der Waals surface area contributed by atoms with E-state index in [9.17, 15) is 0 Å². The van der Waals surface area contributed by atoms with Crippen molar-refractivity contribution in [3.05, 3.63) is 0 Å². The van der Waals surface area contributed by atoms with Crippen LogP contribution in [0.25, 0.3) is 0 Å². The molecule has 0 aromatic carbocycles. The van der Waals surface area contributed by atoms with Gasteiger partial charge in [0.05, 0.1) is 0 Å². The fraction of sp³-hybridized carbons (Fsp3) is 0. The predicted octanol–water partition coefficient (Wildman–Crippen LogP) is -2.33. The Morgan fingerprint density at radius 3 is 1.50 bits per heavy atom. The minimum atomic E-state index is -0.292. The second-order valence-corrected chi connectivity index (χ2v) is 67.2. The molecule has 26 valence electrons. The second-order valence-electron chi connectivity index (χ2n) is 1.01. The Hall–Kier alpha value is 1.59. The van der Waals surface area contributed by atoms with Crippen molar-refractivity contribution in [3.63, 3.8) is 0 Å². The molecule has 0 aromatic rings. The van der Waals surface area contributed by atoms with E-state index >= 15 is 0 Å². The van der Waals surface area contributed by atoms with Gasteiger partial charge in [-0.25, -0.2) is 0 Å². The van der Waals surface area contributed by atoms with Crippen LogP contribution in [0.15, 0.2) is 0 Å². The fourth-order valence-electron chi connectivity index (χ4n) is 0. The third kappa shape index (κ3) is 9.52. The standard InChI is InChI=1S/ClGe2H7Si/c1-4(2)3/h4H,2-3H3. The van der Waals surface area contributed by atoms with E-state index in [2.05, 4.69) is 0 Å². The number of hydrogen-bond acceptors (Lipinski definition) is 0. The van der Waals surface area contributed by atoms with Crippen LogP contribution in [0.5, 0.6) is 0 Å². The molecule has 0 spiro atoms. The molecule has 4 heteroatoms. The zero-order chi connectivity index (χ0) is 3.58. The van der Waals surface area contributed by atoms with Crippen LogP contribution in [0, 0.1) is 0 Å². The van der Waals surface area contributed by atoms with Crippen molar-refractivity contribution in [1.29, 1.82) is 0 Å². The van der Waals surface area contributed by atoms with E-state index < -0.39 is 0 Å². The van der Waals surface area contributed by atoms with Crippen LogP contribution >= 0.6 is 11.1 Å². The summed E-state index contributed by atoms with van der Waals surface area (Å²) in [6.45, 7) is 0. The van der Waals surface area contributed by atoms with Crippen molar-refractivity contribution in [1.82, 2.24) is 0 Å². The van der Waals surface area contributed by atoms with Gasteiger partial charge in [-0.3, -0.25) is 0 Å². The first-order valence-corrected chi connectivity index (χ1v) is 20.0. The van der Waals surface area contributed by atoms with Gasteiger partial charge in [0.15, 0.2) is 0 Å². The molecule has 0 N–H and O–H groups in total. The van der Waals surface area contributed by atoms with Crippen molar-refractivity contribution in [2.75, 3.05) is 0 Å². The Labute approximate surface area is 47.9 Å². The normalized spacial score (nSPS) is 17.2. The van der Waals surface area contributed by atoms with Crippen molar-refractivity contribution >= 4 is 48.0 Å². The summed E-state index contributed by atoms with van der Waals surface area (Å²) in [5.41, 5.74) is 0. The second kappa shape index (κ2) is 2.81. The Balaban J connectivity index is 2.32. The van der Waals surface area contributed by atoms with E-state index in [-0.39, 0.29) is 5.15 Å². The Bertz CT molecular complexity index is 10.8. The summed E-state index contributed by atoms with van der Waals surface area (Å²) in [5, 5.41) is -0.292. The maximum absolute atomic E-state index is 5.58. The Morgan fingerprint density at radius 1 is 1.50 bits per heavy atom. The molecule has 0 atom stereocenters. The van der Waals surface area contributed by atoms with Crippen LogP contribution in [0.4, 0.5) is 0 Å². The summed E-state index contributed by atoms with van der Waals surface area (Å²) in [7, 11) is 0. The van der Waals surface area contributed by atoms with Gasteiger partial charge in [0.25, 0.3) is 0 Å². The number of hydrogen-bond donors (Lipinski definition) is 0. The molecule has 0 saturated heterocycles. The van der Waals surface area contributed by atoms with Crippen molar-refractivity contribution in [2.24, 2.45) is 0 Å². The molecule has 0 aromatic heterocycles. The third-order valence-electron chi connectivity index (χ3n) is 0. The van der Waals surface area contributed by atoms with E-state index in [1.54, 1.807) is 0 Å². The third-order valence-corrected chi connectivity index (χ3v) is 0. The van der Waals surface area contributed by atoms with E-state index in [1.165, 1.54) is 0 Å². The van der Waals surface area contributed by atoms with E-state index in [1.807, 2.05) is 0 Å². The summed E-state index contributed by atoms with van der Waals surface area (Å²) in [6.07, 6.45) is 0. The van der Waals surface area contributed by atoms with Crippen molar-refractivity contribution in [3.8, 4) is 0 Å². The van der Waals surface area contributed by atoms with Gasteiger partial charge in [-0.1, -0.05) is 0 Å². The molecule has 0 aliphatic carbocycles. The molecule has 0 unspecified atom stereocenters. The Morgan fingerprint density at radius 2 is 1.50 bits per heavy atom. The first-order valence-electron chi connectivity index (χ1n) is 1.37. The van der Waals surface area contributed by atoms with Gasteiger partial charge in [-0.05, 0) is 0 Å². The van der Waals surface area contributed by atoms with Gasteiger partial charge in [0.1, 0.15) is 0 Å². The molecule has 0 saturated carbocycles. The summed E-state index contributed by atoms with van der Waals surface area (Å²) >= 11 is 7.68. The summed E-state index contributed by atoms with van der Waals surface area (Å²) in [5.74, 6) is 0. The van der Waals surface area contributed by atoms with Crippen molar-refractivity contribution < 1.29 is 0 Å². The first-order chi connectivity index (χ1) is 1.73. The number of halogens is 1. The van der Waals surface area contributed by atoms with Gasteiger partial charge < -0.3 is 0 Å². The molecular formula is H7ClGe2Si. The average Bonchev–Trinajstić information content (AvgIpc) is 0.811. The van der Waals surface area contributed by atoms with Crippen LogP contribution < -0.4 is 0 Å². The zero-order valence-corrected chi connectivity index (χ0v) is 13.3. The van der Waals surface area contributed by atoms with Gasteiger partial charge in [-0.2, -0.15) is 0 Å². The molecule has 0 radical (unpaired) electrons. The van der Waals surface area contributed by atoms with Gasteiger partial charge in [0.2, 0.25) is 0 Å². The summed E-state index contributed by atoms with van der Waals surface area (Å²) < 4.78 is 0. The monoisotopic (exact) mass is 218 g/mol. The minimum absolute atomic E-state index is 0.292. The van der Waals surface area contributed by atoms with Gasteiger partial charge in [0, 0.05) is 0 Å². The molecule has 0 bridgehead atoms.